The summed E-state index contributed by atoms with van der Waals surface area (Å²) in [5.74, 6) is -0.330. The van der Waals surface area contributed by atoms with Gasteiger partial charge < -0.3 is 10.8 Å². The van der Waals surface area contributed by atoms with Crippen molar-refractivity contribution in [1.29, 1.82) is 0 Å². The Morgan fingerprint density at radius 2 is 2.14 bits per heavy atom. The van der Waals surface area contributed by atoms with Crippen LogP contribution in [0.2, 0.25) is 0 Å². The lowest BCUT2D eigenvalue weighted by Crippen LogP contribution is -2.34. The fraction of sp³-hybridized carbons (Fsp3) is 0.400. The molecule has 0 aliphatic heterocycles. The normalized spacial score (nSPS) is 15.2. The highest BCUT2D eigenvalue weighted by Gasteiger charge is 2.21. The van der Waals surface area contributed by atoms with E-state index < -0.39 is 5.54 Å². The molecule has 0 amide bonds. The maximum absolute atomic E-state index is 13.1. The van der Waals surface area contributed by atoms with Crippen LogP contribution in [0.4, 0.5) is 4.39 Å². The van der Waals surface area contributed by atoms with E-state index in [9.17, 15) is 4.39 Å². The standard InChI is InChI=1S/C10H13BrFNO/c1-10(13,2-3-14)7-4-8(11)6-9(12)5-7/h4-6,14H,2-3,13H2,1H3/t10-/m0/s1. The summed E-state index contributed by atoms with van der Waals surface area (Å²) in [5.41, 5.74) is 5.92. The Kier molecular flexibility index (Phi) is 3.64. The molecule has 1 atom stereocenters. The van der Waals surface area contributed by atoms with Crippen LogP contribution in [-0.4, -0.2) is 11.7 Å². The van der Waals surface area contributed by atoms with Crippen molar-refractivity contribution in [1.82, 2.24) is 0 Å². The first kappa shape index (κ1) is 11.6. The smallest absolute Gasteiger partial charge is 0.124 e. The van der Waals surface area contributed by atoms with Gasteiger partial charge in [-0.05, 0) is 37.1 Å². The van der Waals surface area contributed by atoms with E-state index in [4.69, 9.17) is 10.8 Å². The average molecular weight is 262 g/mol. The highest BCUT2D eigenvalue weighted by Crippen LogP contribution is 2.25. The van der Waals surface area contributed by atoms with E-state index in [0.29, 0.717) is 16.5 Å². The third kappa shape index (κ3) is 2.77. The predicted molar refractivity (Wildman–Crippen MR) is 57.3 cm³/mol. The molecule has 1 rings (SSSR count). The van der Waals surface area contributed by atoms with Gasteiger partial charge in [0.05, 0.1) is 0 Å². The Morgan fingerprint density at radius 3 is 2.64 bits per heavy atom. The number of halogens is 2. The Bertz CT molecular complexity index is 308. The molecule has 0 bridgehead atoms. The molecule has 0 radical (unpaired) electrons. The SMILES string of the molecule is C[C@](N)(CCO)c1cc(F)cc(Br)c1. The number of benzene rings is 1. The van der Waals surface area contributed by atoms with Crippen molar-refractivity contribution in [2.24, 2.45) is 5.73 Å². The van der Waals surface area contributed by atoms with E-state index in [0.717, 1.165) is 0 Å². The minimum absolute atomic E-state index is 0.0128. The Morgan fingerprint density at radius 1 is 1.50 bits per heavy atom. The molecule has 0 aliphatic carbocycles. The van der Waals surface area contributed by atoms with Crippen LogP contribution in [0.25, 0.3) is 0 Å². The first-order valence-electron chi connectivity index (χ1n) is 4.32. The second kappa shape index (κ2) is 4.38. The van der Waals surface area contributed by atoms with Crippen LogP contribution in [0.15, 0.2) is 22.7 Å². The van der Waals surface area contributed by atoms with Crippen LogP contribution in [0, 0.1) is 5.82 Å². The lowest BCUT2D eigenvalue weighted by molar-refractivity contribution is 0.247. The zero-order valence-electron chi connectivity index (χ0n) is 7.93. The van der Waals surface area contributed by atoms with Crippen LogP contribution in [0.1, 0.15) is 18.9 Å². The average Bonchev–Trinajstić information content (AvgIpc) is 2.02. The fourth-order valence-electron chi connectivity index (χ4n) is 1.26. The van der Waals surface area contributed by atoms with Gasteiger partial charge in [0.25, 0.3) is 0 Å². The van der Waals surface area contributed by atoms with E-state index in [1.54, 1.807) is 13.0 Å². The summed E-state index contributed by atoms with van der Waals surface area (Å²) in [6, 6.07) is 4.53. The molecule has 0 saturated heterocycles. The molecular formula is C10H13BrFNO. The second-order valence-electron chi connectivity index (χ2n) is 3.55. The summed E-state index contributed by atoms with van der Waals surface area (Å²) in [6.07, 6.45) is 0.406. The molecule has 0 aliphatic rings. The molecule has 4 heteroatoms. The van der Waals surface area contributed by atoms with Crippen LogP contribution in [-0.2, 0) is 5.54 Å². The second-order valence-corrected chi connectivity index (χ2v) is 4.46. The summed E-state index contributed by atoms with van der Waals surface area (Å²) >= 11 is 3.20. The van der Waals surface area contributed by atoms with Gasteiger partial charge in [0, 0.05) is 16.6 Å². The molecule has 0 aromatic heterocycles. The summed E-state index contributed by atoms with van der Waals surface area (Å²) in [5, 5.41) is 8.82. The fourth-order valence-corrected chi connectivity index (χ4v) is 1.73. The van der Waals surface area contributed by atoms with Gasteiger partial charge in [-0.25, -0.2) is 4.39 Å². The van der Waals surface area contributed by atoms with Crippen molar-refractivity contribution in [3.8, 4) is 0 Å². The summed E-state index contributed by atoms with van der Waals surface area (Å²) in [6.45, 7) is 1.76. The Hall–Kier alpha value is -0.450. The topological polar surface area (TPSA) is 46.2 Å². The van der Waals surface area contributed by atoms with E-state index in [-0.39, 0.29) is 12.4 Å². The molecule has 0 heterocycles. The van der Waals surface area contributed by atoms with Gasteiger partial charge in [0.15, 0.2) is 0 Å². The summed E-state index contributed by atoms with van der Waals surface area (Å²) in [7, 11) is 0. The van der Waals surface area contributed by atoms with Gasteiger partial charge in [-0.15, -0.1) is 0 Å². The number of aliphatic hydroxyl groups is 1. The van der Waals surface area contributed by atoms with E-state index in [1.165, 1.54) is 12.1 Å². The molecule has 0 fully saturated rings. The molecule has 1 aromatic carbocycles. The first-order valence-corrected chi connectivity index (χ1v) is 5.11. The third-order valence-electron chi connectivity index (χ3n) is 2.15. The zero-order chi connectivity index (χ0) is 10.8. The van der Waals surface area contributed by atoms with E-state index in [2.05, 4.69) is 15.9 Å². The molecule has 2 nitrogen and oxygen atoms in total. The quantitative estimate of drug-likeness (QED) is 0.876. The number of hydrogen-bond donors (Lipinski definition) is 2. The minimum atomic E-state index is -0.695. The molecule has 78 valence electrons. The summed E-state index contributed by atoms with van der Waals surface area (Å²) in [4.78, 5) is 0. The molecule has 1 aromatic rings. The maximum Gasteiger partial charge on any atom is 0.124 e. The van der Waals surface area contributed by atoms with Crippen molar-refractivity contribution in [3.05, 3.63) is 34.1 Å². The molecule has 0 spiro atoms. The minimum Gasteiger partial charge on any atom is -0.396 e. The van der Waals surface area contributed by atoms with Crippen LogP contribution >= 0.6 is 15.9 Å². The molecule has 3 N–H and O–H groups in total. The van der Waals surface area contributed by atoms with Crippen LogP contribution < -0.4 is 5.73 Å². The van der Waals surface area contributed by atoms with Gasteiger partial charge >= 0.3 is 0 Å². The summed E-state index contributed by atoms with van der Waals surface area (Å²) < 4.78 is 13.7. The highest BCUT2D eigenvalue weighted by atomic mass is 79.9. The van der Waals surface area contributed by atoms with E-state index >= 15 is 0 Å². The largest absolute Gasteiger partial charge is 0.396 e. The Balaban J connectivity index is 3.05. The molecule has 0 saturated carbocycles. The van der Waals surface area contributed by atoms with Crippen LogP contribution in [0.3, 0.4) is 0 Å². The van der Waals surface area contributed by atoms with E-state index in [1.807, 2.05) is 0 Å². The molecule has 14 heavy (non-hydrogen) atoms. The monoisotopic (exact) mass is 261 g/mol. The van der Waals surface area contributed by atoms with Crippen molar-refractivity contribution >= 4 is 15.9 Å². The van der Waals surface area contributed by atoms with Crippen LogP contribution in [0.5, 0.6) is 0 Å². The van der Waals surface area contributed by atoms with Gasteiger partial charge in [-0.2, -0.15) is 0 Å². The molecule has 0 unspecified atom stereocenters. The number of nitrogens with two attached hydrogens (primary N) is 1. The third-order valence-corrected chi connectivity index (χ3v) is 2.61. The van der Waals surface area contributed by atoms with Crippen molar-refractivity contribution in [3.63, 3.8) is 0 Å². The van der Waals surface area contributed by atoms with Gasteiger partial charge in [-0.3, -0.25) is 0 Å². The van der Waals surface area contributed by atoms with Crippen molar-refractivity contribution < 1.29 is 9.50 Å². The number of hydrogen-bond acceptors (Lipinski definition) is 2. The lowest BCUT2D eigenvalue weighted by Gasteiger charge is -2.24. The Labute approximate surface area is 91.1 Å². The highest BCUT2D eigenvalue weighted by molar-refractivity contribution is 9.10. The predicted octanol–water partition coefficient (Wildman–Crippen LogP) is 2.14. The first-order chi connectivity index (χ1) is 6.45. The zero-order valence-corrected chi connectivity index (χ0v) is 9.51. The molecular weight excluding hydrogens is 249 g/mol. The van der Waals surface area contributed by atoms with Gasteiger partial charge in [0.1, 0.15) is 5.82 Å². The number of rotatable bonds is 3. The van der Waals surface area contributed by atoms with Gasteiger partial charge in [0.2, 0.25) is 0 Å². The number of aliphatic hydroxyl groups excluding tert-OH is 1. The maximum atomic E-state index is 13.1. The van der Waals surface area contributed by atoms with Gasteiger partial charge in [-0.1, -0.05) is 15.9 Å². The lowest BCUT2D eigenvalue weighted by atomic mass is 9.90. The van der Waals surface area contributed by atoms with Crippen molar-refractivity contribution in [2.45, 2.75) is 18.9 Å². The van der Waals surface area contributed by atoms with Crippen molar-refractivity contribution in [2.75, 3.05) is 6.61 Å².